The number of benzene rings is 1. The van der Waals surface area contributed by atoms with Crippen LogP contribution in [-0.2, 0) is 0 Å². The molecule has 3 nitrogen and oxygen atoms in total. The Kier molecular flexibility index (Phi) is 2.33. The van der Waals surface area contributed by atoms with Gasteiger partial charge in [-0.25, -0.2) is 4.98 Å². The molecule has 2 aromatic rings. The van der Waals surface area contributed by atoms with Gasteiger partial charge in [0.1, 0.15) is 0 Å². The van der Waals surface area contributed by atoms with E-state index in [4.69, 9.17) is 9.68 Å². The van der Waals surface area contributed by atoms with Crippen molar-refractivity contribution in [1.82, 2.24) is 4.98 Å². The van der Waals surface area contributed by atoms with Crippen LogP contribution in [0, 0.1) is 11.3 Å². The van der Waals surface area contributed by atoms with Gasteiger partial charge in [0, 0.05) is 10.0 Å². The van der Waals surface area contributed by atoms with Gasteiger partial charge in [-0.15, -0.1) is 0 Å². The van der Waals surface area contributed by atoms with E-state index in [1.807, 2.05) is 30.3 Å². The first-order chi connectivity index (χ1) is 6.79. The summed E-state index contributed by atoms with van der Waals surface area (Å²) in [5, 5.41) is 8.53. The first kappa shape index (κ1) is 8.97. The standard InChI is InChI=1S/C10H5BrN2O/c11-8-3-1-7(2-4-8)9-6-13-10(5-12)14-9/h1-4,6H. The number of aromatic nitrogens is 1. The summed E-state index contributed by atoms with van der Waals surface area (Å²) in [5.74, 6) is 0.692. The van der Waals surface area contributed by atoms with Gasteiger partial charge in [-0.3, -0.25) is 0 Å². The molecule has 4 heteroatoms. The van der Waals surface area contributed by atoms with Gasteiger partial charge in [-0.2, -0.15) is 5.26 Å². The molecule has 1 heterocycles. The van der Waals surface area contributed by atoms with Crippen LogP contribution in [0.2, 0.25) is 0 Å². The molecule has 0 saturated heterocycles. The average molecular weight is 249 g/mol. The van der Waals surface area contributed by atoms with Gasteiger partial charge in [0.2, 0.25) is 0 Å². The molecule has 0 atom stereocenters. The predicted octanol–water partition coefficient (Wildman–Crippen LogP) is 2.98. The third kappa shape index (κ3) is 1.68. The molecule has 0 aliphatic heterocycles. The number of nitrogens with zero attached hydrogens (tertiary/aromatic N) is 2. The number of hydrogen-bond donors (Lipinski definition) is 0. The Morgan fingerprint density at radius 1 is 1.29 bits per heavy atom. The van der Waals surface area contributed by atoms with Crippen molar-refractivity contribution >= 4 is 15.9 Å². The Labute approximate surface area is 89.1 Å². The highest BCUT2D eigenvalue weighted by atomic mass is 79.9. The molecule has 0 aliphatic carbocycles. The van der Waals surface area contributed by atoms with E-state index in [0.29, 0.717) is 5.76 Å². The zero-order valence-electron chi connectivity index (χ0n) is 7.07. The van der Waals surface area contributed by atoms with E-state index in [-0.39, 0.29) is 5.89 Å². The maximum absolute atomic E-state index is 8.53. The van der Waals surface area contributed by atoms with E-state index in [9.17, 15) is 0 Å². The lowest BCUT2D eigenvalue weighted by Crippen LogP contribution is -1.72. The fourth-order valence-electron chi connectivity index (χ4n) is 1.07. The van der Waals surface area contributed by atoms with Gasteiger partial charge in [0.05, 0.1) is 6.20 Å². The summed E-state index contributed by atoms with van der Waals surface area (Å²) in [7, 11) is 0. The summed E-state index contributed by atoms with van der Waals surface area (Å²) in [6.07, 6.45) is 1.54. The Morgan fingerprint density at radius 2 is 2.00 bits per heavy atom. The lowest BCUT2D eigenvalue weighted by Gasteiger charge is -1.94. The highest BCUT2D eigenvalue weighted by molar-refractivity contribution is 9.10. The normalized spacial score (nSPS) is 9.71. The van der Waals surface area contributed by atoms with Crippen LogP contribution in [0.25, 0.3) is 11.3 Å². The van der Waals surface area contributed by atoms with Crippen molar-refractivity contribution < 1.29 is 4.42 Å². The monoisotopic (exact) mass is 248 g/mol. The van der Waals surface area contributed by atoms with Gasteiger partial charge in [0.15, 0.2) is 11.8 Å². The van der Waals surface area contributed by atoms with E-state index >= 15 is 0 Å². The molecule has 0 spiro atoms. The Balaban J connectivity index is 2.40. The molecule has 0 aliphatic rings. The number of hydrogen-bond acceptors (Lipinski definition) is 3. The van der Waals surface area contributed by atoms with Crippen LogP contribution in [0.3, 0.4) is 0 Å². The maximum Gasteiger partial charge on any atom is 0.301 e. The molecule has 2 rings (SSSR count). The molecule has 1 aromatic carbocycles. The van der Waals surface area contributed by atoms with Crippen LogP contribution >= 0.6 is 15.9 Å². The SMILES string of the molecule is N#Cc1ncc(-c2ccc(Br)cc2)o1. The van der Waals surface area contributed by atoms with E-state index < -0.39 is 0 Å². The van der Waals surface area contributed by atoms with Crippen molar-refractivity contribution in [3.05, 3.63) is 40.8 Å². The van der Waals surface area contributed by atoms with Crippen molar-refractivity contribution in [3.63, 3.8) is 0 Å². The zero-order valence-corrected chi connectivity index (χ0v) is 8.65. The van der Waals surface area contributed by atoms with Crippen molar-refractivity contribution in [2.45, 2.75) is 0 Å². The van der Waals surface area contributed by atoms with Crippen LogP contribution in [0.4, 0.5) is 0 Å². The minimum absolute atomic E-state index is 0.0860. The molecule has 14 heavy (non-hydrogen) atoms. The summed E-state index contributed by atoms with van der Waals surface area (Å²) < 4.78 is 6.17. The largest absolute Gasteiger partial charge is 0.428 e. The summed E-state index contributed by atoms with van der Waals surface area (Å²) in [4.78, 5) is 3.79. The highest BCUT2D eigenvalue weighted by Crippen LogP contribution is 2.21. The van der Waals surface area contributed by atoms with Crippen molar-refractivity contribution in [1.29, 1.82) is 5.26 Å². The van der Waals surface area contributed by atoms with Crippen molar-refractivity contribution in [2.24, 2.45) is 0 Å². The lowest BCUT2D eigenvalue weighted by atomic mass is 10.2. The van der Waals surface area contributed by atoms with Gasteiger partial charge < -0.3 is 4.42 Å². The molecule has 0 bridgehead atoms. The third-order valence-electron chi connectivity index (χ3n) is 1.73. The summed E-state index contributed by atoms with van der Waals surface area (Å²) in [6.45, 7) is 0. The summed E-state index contributed by atoms with van der Waals surface area (Å²) >= 11 is 3.34. The molecule has 0 fully saturated rings. The topological polar surface area (TPSA) is 49.8 Å². The molecular formula is C10H5BrN2O. The second-order valence-corrected chi connectivity index (χ2v) is 3.56. The highest BCUT2D eigenvalue weighted by Gasteiger charge is 2.04. The van der Waals surface area contributed by atoms with E-state index in [1.165, 1.54) is 0 Å². The predicted molar refractivity (Wildman–Crippen MR) is 54.4 cm³/mol. The third-order valence-corrected chi connectivity index (χ3v) is 2.26. The van der Waals surface area contributed by atoms with Gasteiger partial charge in [-0.1, -0.05) is 28.1 Å². The fraction of sp³-hybridized carbons (Fsp3) is 0. The minimum atomic E-state index is 0.0860. The maximum atomic E-state index is 8.53. The van der Waals surface area contributed by atoms with Gasteiger partial charge in [0.25, 0.3) is 0 Å². The van der Waals surface area contributed by atoms with Gasteiger partial charge >= 0.3 is 5.89 Å². The minimum Gasteiger partial charge on any atom is -0.428 e. The smallest absolute Gasteiger partial charge is 0.301 e. The molecular weight excluding hydrogens is 244 g/mol. The quantitative estimate of drug-likeness (QED) is 0.780. The summed E-state index contributed by atoms with van der Waals surface area (Å²) in [5.41, 5.74) is 0.905. The van der Waals surface area contributed by atoms with Crippen LogP contribution in [0.15, 0.2) is 39.4 Å². The Morgan fingerprint density at radius 3 is 2.57 bits per heavy atom. The fourth-order valence-corrected chi connectivity index (χ4v) is 1.34. The molecule has 68 valence electrons. The number of halogens is 1. The van der Waals surface area contributed by atoms with Crippen LogP contribution in [0.1, 0.15) is 5.89 Å². The lowest BCUT2D eigenvalue weighted by molar-refractivity contribution is 0.555. The number of nitriles is 1. The van der Waals surface area contributed by atoms with E-state index in [0.717, 1.165) is 10.0 Å². The average Bonchev–Trinajstić information content (AvgIpc) is 2.67. The molecule has 0 radical (unpaired) electrons. The van der Waals surface area contributed by atoms with Crippen molar-refractivity contribution in [2.75, 3.05) is 0 Å². The van der Waals surface area contributed by atoms with Crippen LogP contribution in [0.5, 0.6) is 0 Å². The van der Waals surface area contributed by atoms with E-state index in [1.54, 1.807) is 6.20 Å². The van der Waals surface area contributed by atoms with E-state index in [2.05, 4.69) is 20.9 Å². The molecule has 0 saturated carbocycles. The summed E-state index contributed by atoms with van der Waals surface area (Å²) in [6, 6.07) is 9.44. The second-order valence-electron chi connectivity index (χ2n) is 2.65. The molecule has 0 unspecified atom stereocenters. The first-order valence-electron chi connectivity index (χ1n) is 3.91. The van der Waals surface area contributed by atoms with Crippen LogP contribution < -0.4 is 0 Å². The Hall–Kier alpha value is -1.60. The second kappa shape index (κ2) is 3.64. The van der Waals surface area contributed by atoms with Crippen molar-refractivity contribution in [3.8, 4) is 17.4 Å². The first-order valence-corrected chi connectivity index (χ1v) is 4.71. The molecule has 0 amide bonds. The van der Waals surface area contributed by atoms with Gasteiger partial charge in [-0.05, 0) is 12.1 Å². The molecule has 0 N–H and O–H groups in total. The zero-order chi connectivity index (χ0) is 9.97. The number of oxazole rings is 1. The van der Waals surface area contributed by atoms with Crippen LogP contribution in [-0.4, -0.2) is 4.98 Å². The number of rotatable bonds is 1. The molecule has 1 aromatic heterocycles. The Bertz CT molecular complexity index is 482.